The number of thioether (sulfide) groups is 1. The van der Waals surface area contributed by atoms with Crippen molar-refractivity contribution >= 4 is 23.7 Å². The first-order valence-corrected chi connectivity index (χ1v) is 9.36. The van der Waals surface area contributed by atoms with E-state index >= 15 is 0 Å². The van der Waals surface area contributed by atoms with Crippen molar-refractivity contribution in [3.05, 3.63) is 59.7 Å². The second kappa shape index (κ2) is 6.11. The van der Waals surface area contributed by atoms with Crippen LogP contribution in [0.3, 0.4) is 0 Å². The van der Waals surface area contributed by atoms with Gasteiger partial charge >= 0.3 is 6.03 Å². The van der Waals surface area contributed by atoms with Gasteiger partial charge in [0.25, 0.3) is 5.91 Å². The maximum atomic E-state index is 13.2. The first-order valence-electron chi connectivity index (χ1n) is 8.13. The smallest absolute Gasteiger partial charge is 0.325 e. The van der Waals surface area contributed by atoms with E-state index in [1.807, 2.05) is 54.8 Å². The normalized spacial score (nSPS) is 21.9. The number of ether oxygens (including phenoxy) is 1. The van der Waals surface area contributed by atoms with Crippen LogP contribution in [0.2, 0.25) is 0 Å². The van der Waals surface area contributed by atoms with Crippen LogP contribution in [0.15, 0.2) is 53.4 Å². The first-order chi connectivity index (χ1) is 12.1. The molecular formula is C19H18N2O3S. The van der Waals surface area contributed by atoms with Crippen molar-refractivity contribution in [1.82, 2.24) is 10.2 Å². The van der Waals surface area contributed by atoms with E-state index < -0.39 is 5.54 Å². The van der Waals surface area contributed by atoms with Crippen molar-refractivity contribution in [2.75, 3.05) is 12.9 Å². The van der Waals surface area contributed by atoms with Crippen LogP contribution in [0, 0.1) is 0 Å². The number of rotatable bonds is 3. The van der Waals surface area contributed by atoms with Gasteiger partial charge in [-0.2, -0.15) is 0 Å². The number of carbonyl (C=O) groups excluding carboxylic acids is 2. The summed E-state index contributed by atoms with van der Waals surface area (Å²) >= 11 is 1.66. The lowest BCUT2D eigenvalue weighted by molar-refractivity contribution is -0.133. The molecule has 2 aliphatic rings. The molecule has 6 heteroatoms. The van der Waals surface area contributed by atoms with Crippen LogP contribution < -0.4 is 10.1 Å². The van der Waals surface area contributed by atoms with Gasteiger partial charge in [0.15, 0.2) is 5.54 Å². The lowest BCUT2D eigenvalue weighted by Gasteiger charge is -2.33. The Kier molecular flexibility index (Phi) is 3.92. The highest BCUT2D eigenvalue weighted by Crippen LogP contribution is 2.41. The van der Waals surface area contributed by atoms with Crippen LogP contribution in [-0.4, -0.2) is 29.7 Å². The van der Waals surface area contributed by atoms with Crippen LogP contribution in [0.4, 0.5) is 4.79 Å². The largest absolute Gasteiger partial charge is 0.493 e. The molecule has 2 heterocycles. The SMILES string of the molecule is CSc1ccc(CN2C(=O)NC3(CCOc4ccccc43)C2=O)cc1. The number of carbonyl (C=O) groups is 2. The van der Waals surface area contributed by atoms with Gasteiger partial charge in [-0.25, -0.2) is 4.79 Å². The maximum absolute atomic E-state index is 13.2. The number of nitrogens with zero attached hydrogens (tertiary/aromatic N) is 1. The second-order valence-electron chi connectivity index (χ2n) is 6.17. The van der Waals surface area contributed by atoms with Gasteiger partial charge in [-0.15, -0.1) is 11.8 Å². The van der Waals surface area contributed by atoms with E-state index in [2.05, 4.69) is 5.32 Å². The molecule has 0 aromatic heterocycles. The van der Waals surface area contributed by atoms with E-state index in [0.29, 0.717) is 18.8 Å². The Bertz CT molecular complexity index is 837. The summed E-state index contributed by atoms with van der Waals surface area (Å²) in [4.78, 5) is 28.2. The second-order valence-corrected chi connectivity index (χ2v) is 7.05. The van der Waals surface area contributed by atoms with Crippen LogP contribution in [0.1, 0.15) is 17.5 Å². The molecule has 1 spiro atoms. The quantitative estimate of drug-likeness (QED) is 0.680. The molecule has 4 rings (SSSR count). The highest BCUT2D eigenvalue weighted by molar-refractivity contribution is 7.98. The molecule has 0 radical (unpaired) electrons. The third kappa shape index (κ3) is 2.57. The van der Waals surface area contributed by atoms with Gasteiger partial charge in [0.05, 0.1) is 13.2 Å². The number of fused-ring (bicyclic) bond motifs is 2. The summed E-state index contributed by atoms with van der Waals surface area (Å²) in [6.45, 7) is 0.670. The van der Waals surface area contributed by atoms with E-state index in [1.54, 1.807) is 11.8 Å². The Morgan fingerprint density at radius 1 is 1.16 bits per heavy atom. The fourth-order valence-electron chi connectivity index (χ4n) is 3.43. The molecule has 0 saturated carbocycles. The average Bonchev–Trinajstić information content (AvgIpc) is 2.88. The number of amides is 3. The standard InChI is InChI=1S/C19H18N2O3S/c1-25-14-8-6-13(7-9-14)12-21-17(22)19(20-18(21)23)10-11-24-16-5-3-2-4-15(16)19/h2-9H,10-12H2,1H3,(H,20,23). The van der Waals surface area contributed by atoms with Crippen LogP contribution in [0.5, 0.6) is 5.75 Å². The summed E-state index contributed by atoms with van der Waals surface area (Å²) in [5, 5.41) is 2.92. The van der Waals surface area contributed by atoms with E-state index in [1.165, 1.54) is 4.90 Å². The van der Waals surface area contributed by atoms with Crippen molar-refractivity contribution in [2.45, 2.75) is 23.4 Å². The molecule has 1 saturated heterocycles. The zero-order valence-electron chi connectivity index (χ0n) is 13.8. The Labute approximate surface area is 150 Å². The lowest BCUT2D eigenvalue weighted by Crippen LogP contribution is -2.47. The molecule has 5 nitrogen and oxygen atoms in total. The fourth-order valence-corrected chi connectivity index (χ4v) is 3.84. The predicted octanol–water partition coefficient (Wildman–Crippen LogP) is 3.14. The summed E-state index contributed by atoms with van der Waals surface area (Å²) in [6.07, 6.45) is 2.45. The van der Waals surface area contributed by atoms with Gasteiger partial charge in [-0.3, -0.25) is 9.69 Å². The molecular weight excluding hydrogens is 336 g/mol. The van der Waals surface area contributed by atoms with Crippen LogP contribution in [-0.2, 0) is 16.9 Å². The molecule has 1 atom stereocenters. The molecule has 2 aromatic rings. The van der Waals surface area contributed by atoms with Crippen molar-refractivity contribution in [3.63, 3.8) is 0 Å². The topological polar surface area (TPSA) is 58.6 Å². The van der Waals surface area contributed by atoms with E-state index in [9.17, 15) is 9.59 Å². The summed E-state index contributed by atoms with van der Waals surface area (Å²) in [5.74, 6) is 0.454. The van der Waals surface area contributed by atoms with Gasteiger partial charge in [-0.05, 0) is 30.0 Å². The number of imide groups is 1. The van der Waals surface area contributed by atoms with E-state index in [0.717, 1.165) is 16.0 Å². The van der Waals surface area contributed by atoms with E-state index in [-0.39, 0.29) is 18.5 Å². The van der Waals surface area contributed by atoms with Gasteiger partial charge in [0.2, 0.25) is 0 Å². The lowest BCUT2D eigenvalue weighted by atomic mass is 9.84. The number of hydrogen-bond donors (Lipinski definition) is 1. The average molecular weight is 354 g/mol. The van der Waals surface area contributed by atoms with Crippen molar-refractivity contribution < 1.29 is 14.3 Å². The first kappa shape index (κ1) is 16.0. The molecule has 2 aromatic carbocycles. The number of benzene rings is 2. The molecule has 128 valence electrons. The van der Waals surface area contributed by atoms with Crippen LogP contribution in [0.25, 0.3) is 0 Å². The molecule has 1 unspecified atom stereocenters. The van der Waals surface area contributed by atoms with Gasteiger partial charge in [0.1, 0.15) is 5.75 Å². The van der Waals surface area contributed by atoms with Gasteiger partial charge in [0, 0.05) is 16.9 Å². The molecule has 3 amide bonds. The molecule has 1 N–H and O–H groups in total. The third-order valence-electron chi connectivity index (χ3n) is 4.76. The summed E-state index contributed by atoms with van der Waals surface area (Å²) in [6, 6.07) is 15.0. The minimum Gasteiger partial charge on any atom is -0.493 e. The van der Waals surface area contributed by atoms with Crippen molar-refractivity contribution in [3.8, 4) is 5.75 Å². The third-order valence-corrected chi connectivity index (χ3v) is 5.50. The van der Waals surface area contributed by atoms with Crippen LogP contribution >= 0.6 is 11.8 Å². The number of hydrogen-bond acceptors (Lipinski definition) is 4. The van der Waals surface area contributed by atoms with Crippen molar-refractivity contribution in [1.29, 1.82) is 0 Å². The Morgan fingerprint density at radius 2 is 1.92 bits per heavy atom. The number of nitrogens with one attached hydrogen (secondary N) is 1. The minimum absolute atomic E-state index is 0.206. The summed E-state index contributed by atoms with van der Waals surface area (Å²) < 4.78 is 5.65. The zero-order chi connectivity index (χ0) is 17.4. The minimum atomic E-state index is -1.01. The Balaban J connectivity index is 1.65. The van der Waals surface area contributed by atoms with Crippen molar-refractivity contribution in [2.24, 2.45) is 0 Å². The highest BCUT2D eigenvalue weighted by Gasteiger charge is 2.54. The zero-order valence-corrected chi connectivity index (χ0v) is 14.6. The summed E-state index contributed by atoms with van der Waals surface area (Å²) in [5.41, 5.74) is 0.657. The fraction of sp³-hybridized carbons (Fsp3) is 0.263. The number of urea groups is 1. The summed E-state index contributed by atoms with van der Waals surface area (Å²) in [7, 11) is 0. The Hall–Kier alpha value is -2.47. The van der Waals surface area contributed by atoms with Gasteiger partial charge < -0.3 is 10.1 Å². The molecule has 25 heavy (non-hydrogen) atoms. The molecule has 1 fully saturated rings. The van der Waals surface area contributed by atoms with E-state index in [4.69, 9.17) is 4.74 Å². The Morgan fingerprint density at radius 3 is 2.68 bits per heavy atom. The molecule has 0 bridgehead atoms. The monoisotopic (exact) mass is 354 g/mol. The molecule has 0 aliphatic carbocycles. The van der Waals surface area contributed by atoms with Gasteiger partial charge in [-0.1, -0.05) is 30.3 Å². The maximum Gasteiger partial charge on any atom is 0.325 e. The highest BCUT2D eigenvalue weighted by atomic mass is 32.2. The molecule has 2 aliphatic heterocycles. The number of para-hydroxylation sites is 1. The predicted molar refractivity (Wildman–Crippen MR) is 95.5 cm³/mol.